The van der Waals surface area contributed by atoms with Crippen molar-refractivity contribution in [1.29, 1.82) is 0 Å². The molecule has 1 rings (SSSR count). The molecule has 1 heterocycles. The summed E-state index contributed by atoms with van der Waals surface area (Å²) >= 11 is 0. The molecule has 4 nitrogen and oxygen atoms in total. The molecule has 64 valence electrons. The summed E-state index contributed by atoms with van der Waals surface area (Å²) in [6.07, 6.45) is 0.767. The Morgan fingerprint density at radius 1 is 1.73 bits per heavy atom. The van der Waals surface area contributed by atoms with Gasteiger partial charge in [0, 0.05) is 13.1 Å². The number of carbonyl (C=O) groups excluding carboxylic acids is 1. The standard InChI is InChI=1S/C7H13NO3/c9-3-1-8-2-4-11-7(5-8)6-10/h3,7,10H,1-2,4-6H2. The number of aldehydes is 1. The number of hydrogen-bond donors (Lipinski definition) is 1. The van der Waals surface area contributed by atoms with Crippen LogP contribution in [0.25, 0.3) is 0 Å². The minimum Gasteiger partial charge on any atom is -0.394 e. The summed E-state index contributed by atoms with van der Waals surface area (Å²) in [7, 11) is 0. The summed E-state index contributed by atoms with van der Waals surface area (Å²) in [5, 5.41) is 8.74. The number of carbonyl (C=O) groups is 1. The second-order valence-electron chi connectivity index (χ2n) is 2.60. The zero-order valence-corrected chi connectivity index (χ0v) is 6.40. The van der Waals surface area contributed by atoms with Gasteiger partial charge in [0.15, 0.2) is 0 Å². The van der Waals surface area contributed by atoms with Crippen molar-refractivity contribution in [2.75, 3.05) is 32.8 Å². The van der Waals surface area contributed by atoms with E-state index in [1.54, 1.807) is 0 Å². The van der Waals surface area contributed by atoms with Gasteiger partial charge in [-0.05, 0) is 0 Å². The quantitative estimate of drug-likeness (QED) is 0.530. The first-order chi connectivity index (χ1) is 5.36. The molecule has 0 aromatic rings. The first-order valence-corrected chi connectivity index (χ1v) is 3.75. The van der Waals surface area contributed by atoms with Crippen LogP contribution in [0.4, 0.5) is 0 Å². The van der Waals surface area contributed by atoms with E-state index in [1.807, 2.05) is 4.90 Å². The summed E-state index contributed by atoms with van der Waals surface area (Å²) in [5.74, 6) is 0. The van der Waals surface area contributed by atoms with Crippen LogP contribution >= 0.6 is 0 Å². The second-order valence-corrected chi connectivity index (χ2v) is 2.60. The lowest BCUT2D eigenvalue weighted by Crippen LogP contribution is -2.44. The summed E-state index contributed by atoms with van der Waals surface area (Å²) in [4.78, 5) is 12.1. The maximum atomic E-state index is 10.1. The van der Waals surface area contributed by atoms with Crippen LogP contribution in [0, 0.1) is 0 Å². The Morgan fingerprint density at radius 2 is 2.55 bits per heavy atom. The molecule has 0 aromatic heterocycles. The van der Waals surface area contributed by atoms with E-state index in [-0.39, 0.29) is 12.7 Å². The predicted octanol–water partition coefficient (Wildman–Crippen LogP) is -1.12. The second kappa shape index (κ2) is 4.43. The van der Waals surface area contributed by atoms with Gasteiger partial charge in [-0.25, -0.2) is 0 Å². The normalized spacial score (nSPS) is 26.8. The first-order valence-electron chi connectivity index (χ1n) is 3.75. The monoisotopic (exact) mass is 159 g/mol. The zero-order valence-electron chi connectivity index (χ0n) is 6.40. The summed E-state index contributed by atoms with van der Waals surface area (Å²) in [6, 6.07) is 0. The Hall–Kier alpha value is -0.450. The Balaban J connectivity index is 2.27. The van der Waals surface area contributed by atoms with Gasteiger partial charge < -0.3 is 14.6 Å². The minimum absolute atomic E-state index is 0.0371. The lowest BCUT2D eigenvalue weighted by molar-refractivity contribution is -0.111. The van der Waals surface area contributed by atoms with Crippen LogP contribution in [0.2, 0.25) is 0 Å². The number of nitrogens with zero attached hydrogens (tertiary/aromatic N) is 1. The highest BCUT2D eigenvalue weighted by Crippen LogP contribution is 2.02. The van der Waals surface area contributed by atoms with Crippen LogP contribution < -0.4 is 0 Å². The number of aliphatic hydroxyl groups excluding tert-OH is 1. The molecule has 0 spiro atoms. The van der Waals surface area contributed by atoms with Crippen LogP contribution in [0.1, 0.15) is 0 Å². The molecule has 0 amide bonds. The highest BCUT2D eigenvalue weighted by molar-refractivity contribution is 5.51. The Labute approximate surface area is 65.8 Å². The van der Waals surface area contributed by atoms with Crippen molar-refractivity contribution >= 4 is 6.29 Å². The van der Waals surface area contributed by atoms with Gasteiger partial charge in [-0.2, -0.15) is 0 Å². The molecule has 0 saturated carbocycles. The molecule has 0 bridgehead atoms. The number of ether oxygens (including phenoxy) is 1. The van der Waals surface area contributed by atoms with Crippen LogP contribution in [0.5, 0.6) is 0 Å². The fourth-order valence-electron chi connectivity index (χ4n) is 1.16. The van der Waals surface area contributed by atoms with Crippen LogP contribution in [0.3, 0.4) is 0 Å². The van der Waals surface area contributed by atoms with Gasteiger partial charge in [-0.15, -0.1) is 0 Å². The first kappa shape index (κ1) is 8.64. The van der Waals surface area contributed by atoms with Crippen molar-refractivity contribution in [1.82, 2.24) is 4.90 Å². The largest absolute Gasteiger partial charge is 0.394 e. The van der Waals surface area contributed by atoms with Crippen molar-refractivity contribution in [3.63, 3.8) is 0 Å². The summed E-state index contributed by atoms with van der Waals surface area (Å²) in [6.45, 7) is 2.54. The van der Waals surface area contributed by atoms with Crippen molar-refractivity contribution < 1.29 is 14.6 Å². The molecule has 1 N–H and O–H groups in total. The molecule has 1 aliphatic rings. The molecule has 4 heteroatoms. The van der Waals surface area contributed by atoms with E-state index in [1.165, 1.54) is 0 Å². The molecule has 1 saturated heterocycles. The van der Waals surface area contributed by atoms with Gasteiger partial charge in [0.2, 0.25) is 0 Å². The van der Waals surface area contributed by atoms with Gasteiger partial charge in [-0.3, -0.25) is 4.90 Å². The van der Waals surface area contributed by atoms with E-state index < -0.39 is 0 Å². The van der Waals surface area contributed by atoms with Crippen LogP contribution in [-0.2, 0) is 9.53 Å². The fraction of sp³-hybridized carbons (Fsp3) is 0.857. The number of aliphatic hydroxyl groups is 1. The van der Waals surface area contributed by atoms with E-state index in [2.05, 4.69) is 0 Å². The molecule has 1 unspecified atom stereocenters. The zero-order chi connectivity index (χ0) is 8.10. The molecular formula is C7H13NO3. The fourth-order valence-corrected chi connectivity index (χ4v) is 1.16. The third-order valence-corrected chi connectivity index (χ3v) is 1.76. The van der Waals surface area contributed by atoms with E-state index in [4.69, 9.17) is 9.84 Å². The lowest BCUT2D eigenvalue weighted by Gasteiger charge is -2.30. The summed E-state index contributed by atoms with van der Waals surface area (Å²) in [5.41, 5.74) is 0. The number of rotatable bonds is 3. The third kappa shape index (κ3) is 2.57. The average Bonchev–Trinajstić information content (AvgIpc) is 2.06. The van der Waals surface area contributed by atoms with E-state index in [0.717, 1.165) is 12.8 Å². The van der Waals surface area contributed by atoms with Crippen LogP contribution in [0.15, 0.2) is 0 Å². The van der Waals surface area contributed by atoms with Crippen molar-refractivity contribution in [2.24, 2.45) is 0 Å². The molecule has 0 radical (unpaired) electrons. The maximum Gasteiger partial charge on any atom is 0.133 e. The van der Waals surface area contributed by atoms with Crippen molar-refractivity contribution in [2.45, 2.75) is 6.10 Å². The Kier molecular flexibility index (Phi) is 3.48. The Bertz CT molecular complexity index is 129. The van der Waals surface area contributed by atoms with Gasteiger partial charge in [0.25, 0.3) is 0 Å². The molecular weight excluding hydrogens is 146 g/mol. The maximum absolute atomic E-state index is 10.1. The molecule has 11 heavy (non-hydrogen) atoms. The molecule has 1 aliphatic heterocycles. The highest BCUT2D eigenvalue weighted by Gasteiger charge is 2.18. The molecule has 0 aliphatic carbocycles. The molecule has 1 fully saturated rings. The third-order valence-electron chi connectivity index (χ3n) is 1.76. The van der Waals surface area contributed by atoms with E-state index in [9.17, 15) is 4.79 Å². The molecule has 0 aromatic carbocycles. The van der Waals surface area contributed by atoms with Gasteiger partial charge in [0.05, 0.1) is 25.9 Å². The number of hydrogen-bond acceptors (Lipinski definition) is 4. The van der Waals surface area contributed by atoms with E-state index >= 15 is 0 Å². The van der Waals surface area contributed by atoms with Crippen molar-refractivity contribution in [3.05, 3.63) is 0 Å². The van der Waals surface area contributed by atoms with Gasteiger partial charge >= 0.3 is 0 Å². The predicted molar refractivity (Wildman–Crippen MR) is 39.3 cm³/mol. The number of morpholine rings is 1. The minimum atomic E-state index is -0.108. The topological polar surface area (TPSA) is 49.8 Å². The average molecular weight is 159 g/mol. The summed E-state index contributed by atoms with van der Waals surface area (Å²) < 4.78 is 5.20. The lowest BCUT2D eigenvalue weighted by atomic mass is 10.3. The molecule has 1 atom stereocenters. The Morgan fingerprint density at radius 3 is 3.18 bits per heavy atom. The van der Waals surface area contributed by atoms with Gasteiger partial charge in [-0.1, -0.05) is 0 Å². The van der Waals surface area contributed by atoms with E-state index in [0.29, 0.717) is 19.7 Å². The van der Waals surface area contributed by atoms with Gasteiger partial charge in [0.1, 0.15) is 6.29 Å². The van der Waals surface area contributed by atoms with Crippen LogP contribution in [-0.4, -0.2) is 55.2 Å². The SMILES string of the molecule is O=CCN1CCOC(CO)C1. The highest BCUT2D eigenvalue weighted by atomic mass is 16.5. The smallest absolute Gasteiger partial charge is 0.133 e. The van der Waals surface area contributed by atoms with Crippen molar-refractivity contribution in [3.8, 4) is 0 Å².